The van der Waals surface area contributed by atoms with Crippen molar-refractivity contribution >= 4 is 23.3 Å². The molecule has 2 N–H and O–H groups in total. The Morgan fingerprint density at radius 3 is 1.81 bits per heavy atom. The zero-order chi connectivity index (χ0) is 19.5. The van der Waals surface area contributed by atoms with Crippen LogP contribution >= 0.6 is 0 Å². The molecule has 0 bridgehead atoms. The van der Waals surface area contributed by atoms with E-state index >= 15 is 0 Å². The van der Waals surface area contributed by atoms with E-state index in [1.165, 1.54) is 24.4 Å². The van der Waals surface area contributed by atoms with Gasteiger partial charge >= 0.3 is 24.2 Å². The van der Waals surface area contributed by atoms with E-state index < -0.39 is 41.0 Å². The molecule has 0 aliphatic rings. The molecule has 5 nitrogen and oxygen atoms in total. The van der Waals surface area contributed by atoms with Crippen LogP contribution in [0.4, 0.5) is 37.8 Å². The number of nitrogens with zero attached hydrogens (tertiary/aromatic N) is 1. The molecule has 1 heterocycles. The summed E-state index contributed by atoms with van der Waals surface area (Å²) in [5.41, 5.74) is -4.06. The molecule has 0 fully saturated rings. The number of hydrogen-bond donors (Lipinski definition) is 2. The van der Waals surface area contributed by atoms with Crippen LogP contribution in [0.2, 0.25) is 0 Å². The van der Waals surface area contributed by atoms with Crippen LogP contribution in [0.25, 0.3) is 0 Å². The number of amides is 2. The molecular formula is C15H9F6N3O2. The smallest absolute Gasteiger partial charge is 0.318 e. The normalized spacial score (nSPS) is 11.8. The maximum atomic E-state index is 12.8. The lowest BCUT2D eigenvalue weighted by molar-refractivity contribution is -0.143. The topological polar surface area (TPSA) is 71.1 Å². The van der Waals surface area contributed by atoms with E-state index in [-0.39, 0.29) is 11.9 Å². The summed E-state index contributed by atoms with van der Waals surface area (Å²) in [4.78, 5) is 27.1. The highest BCUT2D eigenvalue weighted by Gasteiger charge is 2.37. The summed E-state index contributed by atoms with van der Waals surface area (Å²) < 4.78 is 76.5. The fourth-order valence-electron chi connectivity index (χ4n) is 1.82. The van der Waals surface area contributed by atoms with E-state index in [4.69, 9.17) is 0 Å². The van der Waals surface area contributed by atoms with Crippen LogP contribution in [0, 0.1) is 0 Å². The van der Waals surface area contributed by atoms with Crippen LogP contribution in [0.5, 0.6) is 0 Å². The molecule has 0 atom stereocenters. The third-order valence-corrected chi connectivity index (χ3v) is 2.96. The zero-order valence-electron chi connectivity index (χ0n) is 12.6. The Balaban J connectivity index is 2.24. The van der Waals surface area contributed by atoms with Crippen molar-refractivity contribution in [3.05, 3.63) is 53.7 Å². The summed E-state index contributed by atoms with van der Waals surface area (Å²) in [6.07, 6.45) is -8.84. The average molecular weight is 377 g/mol. The SMILES string of the molecule is O=C(Nc1cc(C(F)(F)F)cc(C(F)(F)F)c1)C(=O)Nc1ccccn1. The Hall–Kier alpha value is -3.11. The molecule has 2 aromatic rings. The first kappa shape index (κ1) is 19.2. The second-order valence-electron chi connectivity index (χ2n) is 4.92. The predicted octanol–water partition coefficient (Wildman–Crippen LogP) is 3.70. The second-order valence-corrected chi connectivity index (χ2v) is 4.92. The summed E-state index contributed by atoms with van der Waals surface area (Å²) in [5, 5.41) is 3.75. The van der Waals surface area contributed by atoms with E-state index in [1.807, 2.05) is 5.32 Å². The van der Waals surface area contributed by atoms with Gasteiger partial charge in [-0.25, -0.2) is 4.98 Å². The van der Waals surface area contributed by atoms with Crippen LogP contribution < -0.4 is 10.6 Å². The van der Waals surface area contributed by atoms with Gasteiger partial charge in [-0.15, -0.1) is 0 Å². The summed E-state index contributed by atoms with van der Waals surface area (Å²) in [7, 11) is 0. The van der Waals surface area contributed by atoms with Crippen molar-refractivity contribution < 1.29 is 35.9 Å². The molecule has 26 heavy (non-hydrogen) atoms. The first-order valence-corrected chi connectivity index (χ1v) is 6.79. The molecule has 2 amide bonds. The number of rotatable bonds is 2. The molecule has 1 aromatic heterocycles. The number of pyridine rings is 1. The van der Waals surface area contributed by atoms with E-state index in [0.29, 0.717) is 12.1 Å². The molecule has 2 rings (SSSR count). The monoisotopic (exact) mass is 377 g/mol. The number of nitrogens with one attached hydrogen (secondary N) is 2. The molecule has 0 unspecified atom stereocenters. The molecule has 138 valence electrons. The Labute approximate surface area is 142 Å². The van der Waals surface area contributed by atoms with Gasteiger partial charge in [-0.05, 0) is 30.3 Å². The number of carbonyl (C=O) groups excluding carboxylic acids is 2. The summed E-state index contributed by atoms with van der Waals surface area (Å²) in [6.45, 7) is 0. The van der Waals surface area contributed by atoms with Crippen LogP contribution in [0.1, 0.15) is 11.1 Å². The molecule has 0 aliphatic carbocycles. The third kappa shape index (κ3) is 4.94. The standard InChI is InChI=1S/C15H9F6N3O2/c16-14(17,18)8-5-9(15(19,20)21)7-10(6-8)23-12(25)13(26)24-11-3-1-2-4-22-11/h1-7H,(H,23,25)(H,22,24,26). The Morgan fingerprint density at radius 1 is 0.808 bits per heavy atom. The van der Waals surface area contributed by atoms with Crippen LogP contribution in [-0.2, 0) is 21.9 Å². The van der Waals surface area contributed by atoms with Crippen LogP contribution in [0.3, 0.4) is 0 Å². The maximum absolute atomic E-state index is 12.8. The fraction of sp³-hybridized carbons (Fsp3) is 0.133. The van der Waals surface area contributed by atoms with Crippen molar-refractivity contribution in [1.29, 1.82) is 0 Å². The van der Waals surface area contributed by atoms with E-state index in [0.717, 1.165) is 0 Å². The van der Waals surface area contributed by atoms with Gasteiger partial charge in [0.2, 0.25) is 0 Å². The van der Waals surface area contributed by atoms with Crippen LogP contribution in [0.15, 0.2) is 42.6 Å². The molecule has 0 spiro atoms. The average Bonchev–Trinajstić information content (AvgIpc) is 2.53. The minimum absolute atomic E-state index is 0.0207. The van der Waals surface area contributed by atoms with Crippen LogP contribution in [-0.4, -0.2) is 16.8 Å². The lowest BCUT2D eigenvalue weighted by atomic mass is 10.1. The van der Waals surface area contributed by atoms with Gasteiger partial charge in [0, 0.05) is 11.9 Å². The van der Waals surface area contributed by atoms with E-state index in [9.17, 15) is 35.9 Å². The Bertz CT molecular complexity index is 786. The number of carbonyl (C=O) groups is 2. The molecule has 11 heteroatoms. The minimum Gasteiger partial charge on any atom is -0.318 e. The quantitative estimate of drug-likeness (QED) is 0.619. The van der Waals surface area contributed by atoms with Gasteiger partial charge in [-0.1, -0.05) is 6.07 Å². The zero-order valence-corrected chi connectivity index (χ0v) is 12.6. The van der Waals surface area contributed by atoms with Gasteiger partial charge in [0.1, 0.15) is 5.82 Å². The number of hydrogen-bond acceptors (Lipinski definition) is 3. The fourth-order valence-corrected chi connectivity index (χ4v) is 1.82. The van der Waals surface area contributed by atoms with Crippen molar-refractivity contribution in [2.45, 2.75) is 12.4 Å². The first-order chi connectivity index (χ1) is 12.0. The van der Waals surface area contributed by atoms with Gasteiger partial charge in [0.25, 0.3) is 0 Å². The van der Waals surface area contributed by atoms with E-state index in [2.05, 4.69) is 4.98 Å². The van der Waals surface area contributed by atoms with Gasteiger partial charge in [0.05, 0.1) is 11.1 Å². The number of alkyl halides is 6. The van der Waals surface area contributed by atoms with Crippen molar-refractivity contribution in [2.24, 2.45) is 0 Å². The van der Waals surface area contributed by atoms with Crippen molar-refractivity contribution in [1.82, 2.24) is 4.98 Å². The Kier molecular flexibility index (Phi) is 5.19. The number of aromatic nitrogens is 1. The lowest BCUT2D eigenvalue weighted by Crippen LogP contribution is -2.29. The van der Waals surface area contributed by atoms with E-state index in [1.54, 1.807) is 5.32 Å². The summed E-state index contributed by atoms with van der Waals surface area (Å²) in [6, 6.07) is 4.84. The number of benzene rings is 1. The Morgan fingerprint density at radius 2 is 1.35 bits per heavy atom. The molecule has 1 aromatic carbocycles. The molecular weight excluding hydrogens is 368 g/mol. The highest BCUT2D eigenvalue weighted by atomic mass is 19.4. The van der Waals surface area contributed by atoms with Gasteiger partial charge in [-0.2, -0.15) is 26.3 Å². The van der Waals surface area contributed by atoms with Crippen molar-refractivity contribution in [2.75, 3.05) is 10.6 Å². The predicted molar refractivity (Wildman–Crippen MR) is 77.9 cm³/mol. The first-order valence-electron chi connectivity index (χ1n) is 6.79. The number of anilines is 2. The van der Waals surface area contributed by atoms with Gasteiger partial charge in [0.15, 0.2) is 0 Å². The summed E-state index contributed by atoms with van der Waals surface area (Å²) in [5.74, 6) is -2.79. The van der Waals surface area contributed by atoms with Crippen molar-refractivity contribution in [3.8, 4) is 0 Å². The summed E-state index contributed by atoms with van der Waals surface area (Å²) >= 11 is 0. The molecule has 0 saturated heterocycles. The lowest BCUT2D eigenvalue weighted by Gasteiger charge is -2.14. The third-order valence-electron chi connectivity index (χ3n) is 2.96. The largest absolute Gasteiger partial charge is 0.416 e. The van der Waals surface area contributed by atoms with Gasteiger partial charge in [-0.3, -0.25) is 9.59 Å². The molecule has 0 radical (unpaired) electrons. The molecule has 0 aliphatic heterocycles. The molecule has 0 saturated carbocycles. The highest BCUT2D eigenvalue weighted by molar-refractivity contribution is 6.43. The van der Waals surface area contributed by atoms with Crippen molar-refractivity contribution in [3.63, 3.8) is 0 Å². The second kappa shape index (κ2) is 7.02. The highest BCUT2D eigenvalue weighted by Crippen LogP contribution is 2.37. The minimum atomic E-state index is -5.07. The maximum Gasteiger partial charge on any atom is 0.416 e. The number of halogens is 6. The van der Waals surface area contributed by atoms with Gasteiger partial charge < -0.3 is 10.6 Å².